The van der Waals surface area contributed by atoms with Gasteiger partial charge in [-0.05, 0) is 30.2 Å². The fourth-order valence-corrected chi connectivity index (χ4v) is 2.28. The SMILES string of the molecule is C=C(CCCC(C)C)C(=O)Oc1cccc2ccccc12. The number of rotatable bonds is 6. The fourth-order valence-electron chi connectivity index (χ4n) is 2.28. The Morgan fingerprint density at radius 1 is 1.14 bits per heavy atom. The molecule has 2 aromatic rings. The van der Waals surface area contributed by atoms with Crippen LogP contribution in [0, 0.1) is 5.92 Å². The molecule has 110 valence electrons. The molecule has 0 aliphatic carbocycles. The van der Waals surface area contributed by atoms with Crippen molar-refractivity contribution in [1.82, 2.24) is 0 Å². The molecule has 2 nitrogen and oxygen atoms in total. The van der Waals surface area contributed by atoms with Crippen LogP contribution in [0.2, 0.25) is 0 Å². The molecule has 0 bridgehead atoms. The average Bonchev–Trinajstić information content (AvgIpc) is 2.47. The van der Waals surface area contributed by atoms with Crippen LogP contribution in [0.3, 0.4) is 0 Å². The summed E-state index contributed by atoms with van der Waals surface area (Å²) in [5.41, 5.74) is 0.545. The van der Waals surface area contributed by atoms with Crippen LogP contribution in [0.25, 0.3) is 10.8 Å². The monoisotopic (exact) mass is 282 g/mol. The van der Waals surface area contributed by atoms with E-state index in [0.717, 1.165) is 23.6 Å². The number of carbonyl (C=O) groups is 1. The summed E-state index contributed by atoms with van der Waals surface area (Å²) in [6.07, 6.45) is 2.77. The Hall–Kier alpha value is -2.09. The first kappa shape index (κ1) is 15.3. The Bertz CT molecular complexity index is 636. The average molecular weight is 282 g/mol. The van der Waals surface area contributed by atoms with Crippen molar-refractivity contribution in [2.75, 3.05) is 0 Å². The summed E-state index contributed by atoms with van der Waals surface area (Å²) in [6, 6.07) is 13.6. The highest BCUT2D eigenvalue weighted by atomic mass is 16.5. The predicted octanol–water partition coefficient (Wildman–Crippen LogP) is 5.13. The Kier molecular flexibility index (Phi) is 5.15. The van der Waals surface area contributed by atoms with E-state index in [4.69, 9.17) is 4.74 Å². The molecule has 0 saturated carbocycles. The second kappa shape index (κ2) is 7.07. The number of hydrogen-bond acceptors (Lipinski definition) is 2. The van der Waals surface area contributed by atoms with Gasteiger partial charge in [-0.2, -0.15) is 0 Å². The topological polar surface area (TPSA) is 26.3 Å². The molecule has 0 atom stereocenters. The van der Waals surface area contributed by atoms with Gasteiger partial charge < -0.3 is 4.74 Å². The first-order chi connectivity index (χ1) is 10.1. The summed E-state index contributed by atoms with van der Waals surface area (Å²) in [4.78, 5) is 12.1. The molecule has 0 spiro atoms. The standard InChI is InChI=1S/C19H22O2/c1-14(2)8-6-9-15(3)19(20)21-18-13-7-11-16-10-4-5-12-17(16)18/h4-5,7,10-14H,3,6,8-9H2,1-2H3. The van der Waals surface area contributed by atoms with Crippen LogP contribution < -0.4 is 4.74 Å². The molecule has 0 aliphatic rings. The molecule has 0 N–H and O–H groups in total. The van der Waals surface area contributed by atoms with Gasteiger partial charge in [0.25, 0.3) is 0 Å². The number of ether oxygens (including phenoxy) is 1. The van der Waals surface area contributed by atoms with Crippen molar-refractivity contribution in [2.45, 2.75) is 33.1 Å². The first-order valence-electron chi connectivity index (χ1n) is 7.45. The van der Waals surface area contributed by atoms with Gasteiger partial charge in [-0.3, -0.25) is 0 Å². The molecule has 0 amide bonds. The number of carbonyl (C=O) groups excluding carboxylic acids is 1. The maximum Gasteiger partial charge on any atom is 0.338 e. The minimum absolute atomic E-state index is 0.324. The van der Waals surface area contributed by atoms with E-state index in [0.29, 0.717) is 23.7 Å². The normalized spacial score (nSPS) is 10.8. The lowest BCUT2D eigenvalue weighted by molar-refractivity contribution is -0.130. The minimum atomic E-state index is -0.324. The highest BCUT2D eigenvalue weighted by Crippen LogP contribution is 2.26. The van der Waals surface area contributed by atoms with Gasteiger partial charge in [0.2, 0.25) is 0 Å². The quantitative estimate of drug-likeness (QED) is 0.417. The molecular weight excluding hydrogens is 260 g/mol. The summed E-state index contributed by atoms with van der Waals surface area (Å²) < 4.78 is 5.51. The Balaban J connectivity index is 2.03. The van der Waals surface area contributed by atoms with Crippen LogP contribution in [-0.4, -0.2) is 5.97 Å². The van der Waals surface area contributed by atoms with Gasteiger partial charge in [0, 0.05) is 11.0 Å². The minimum Gasteiger partial charge on any atom is -0.423 e. The van der Waals surface area contributed by atoms with Crippen molar-refractivity contribution >= 4 is 16.7 Å². The van der Waals surface area contributed by atoms with Gasteiger partial charge in [-0.25, -0.2) is 4.79 Å². The lowest BCUT2D eigenvalue weighted by atomic mass is 10.0. The number of hydrogen-bond donors (Lipinski definition) is 0. The number of benzene rings is 2. The molecule has 0 radical (unpaired) electrons. The molecule has 0 fully saturated rings. The van der Waals surface area contributed by atoms with Crippen LogP contribution in [0.1, 0.15) is 33.1 Å². The molecule has 2 heteroatoms. The predicted molar refractivity (Wildman–Crippen MR) is 87.4 cm³/mol. The zero-order valence-corrected chi connectivity index (χ0v) is 12.8. The van der Waals surface area contributed by atoms with E-state index < -0.39 is 0 Å². The van der Waals surface area contributed by atoms with E-state index in [2.05, 4.69) is 20.4 Å². The van der Waals surface area contributed by atoms with Crippen molar-refractivity contribution < 1.29 is 9.53 Å². The zero-order valence-electron chi connectivity index (χ0n) is 12.8. The molecule has 0 aromatic heterocycles. The molecule has 0 heterocycles. The van der Waals surface area contributed by atoms with E-state index in [1.165, 1.54) is 0 Å². The first-order valence-corrected chi connectivity index (χ1v) is 7.45. The van der Waals surface area contributed by atoms with E-state index in [-0.39, 0.29) is 5.97 Å². The third-order valence-corrected chi connectivity index (χ3v) is 3.50. The van der Waals surface area contributed by atoms with Crippen LogP contribution in [0.15, 0.2) is 54.6 Å². The van der Waals surface area contributed by atoms with Crippen molar-refractivity contribution in [2.24, 2.45) is 5.92 Å². The van der Waals surface area contributed by atoms with Crippen LogP contribution in [0.5, 0.6) is 5.75 Å². The largest absolute Gasteiger partial charge is 0.423 e. The third kappa shape index (κ3) is 4.19. The highest BCUT2D eigenvalue weighted by molar-refractivity contribution is 5.94. The van der Waals surface area contributed by atoms with E-state index >= 15 is 0 Å². The highest BCUT2D eigenvalue weighted by Gasteiger charge is 2.11. The van der Waals surface area contributed by atoms with Gasteiger partial charge in [-0.1, -0.05) is 63.2 Å². The van der Waals surface area contributed by atoms with Crippen molar-refractivity contribution in [3.63, 3.8) is 0 Å². The summed E-state index contributed by atoms with van der Waals surface area (Å²) in [5, 5.41) is 2.01. The molecule has 2 rings (SSSR count). The van der Waals surface area contributed by atoms with Crippen LogP contribution >= 0.6 is 0 Å². The zero-order chi connectivity index (χ0) is 15.2. The Morgan fingerprint density at radius 3 is 2.62 bits per heavy atom. The van der Waals surface area contributed by atoms with Gasteiger partial charge in [0.15, 0.2) is 0 Å². The smallest absolute Gasteiger partial charge is 0.338 e. The number of fused-ring (bicyclic) bond motifs is 1. The van der Waals surface area contributed by atoms with Crippen molar-refractivity contribution in [3.05, 3.63) is 54.6 Å². The van der Waals surface area contributed by atoms with Gasteiger partial charge in [0.1, 0.15) is 5.75 Å². The summed E-state index contributed by atoms with van der Waals surface area (Å²) in [5.74, 6) is 0.921. The molecule has 0 aliphatic heterocycles. The van der Waals surface area contributed by atoms with E-state index in [9.17, 15) is 4.79 Å². The van der Waals surface area contributed by atoms with Crippen molar-refractivity contribution in [3.8, 4) is 5.75 Å². The molecule has 21 heavy (non-hydrogen) atoms. The number of esters is 1. The summed E-state index contributed by atoms with van der Waals surface area (Å²) >= 11 is 0. The van der Waals surface area contributed by atoms with Crippen molar-refractivity contribution in [1.29, 1.82) is 0 Å². The second-order valence-corrected chi connectivity index (χ2v) is 5.76. The van der Waals surface area contributed by atoms with E-state index in [1.807, 2.05) is 42.5 Å². The van der Waals surface area contributed by atoms with Gasteiger partial charge in [0.05, 0.1) is 0 Å². The molecule has 2 aromatic carbocycles. The summed E-state index contributed by atoms with van der Waals surface area (Å²) in [6.45, 7) is 8.21. The third-order valence-electron chi connectivity index (χ3n) is 3.50. The lowest BCUT2D eigenvalue weighted by Crippen LogP contribution is -2.11. The Labute approximate surface area is 126 Å². The molecular formula is C19H22O2. The van der Waals surface area contributed by atoms with Gasteiger partial charge in [-0.15, -0.1) is 0 Å². The van der Waals surface area contributed by atoms with Gasteiger partial charge >= 0.3 is 5.97 Å². The second-order valence-electron chi connectivity index (χ2n) is 5.76. The molecule has 0 saturated heterocycles. The van der Waals surface area contributed by atoms with Crippen LogP contribution in [0.4, 0.5) is 0 Å². The Morgan fingerprint density at radius 2 is 1.86 bits per heavy atom. The fraction of sp³-hybridized carbons (Fsp3) is 0.316. The van der Waals surface area contributed by atoms with E-state index in [1.54, 1.807) is 0 Å². The maximum atomic E-state index is 12.1. The molecule has 0 unspecified atom stereocenters. The maximum absolute atomic E-state index is 12.1. The lowest BCUT2D eigenvalue weighted by Gasteiger charge is -2.10. The van der Waals surface area contributed by atoms with Crippen LogP contribution in [-0.2, 0) is 4.79 Å². The summed E-state index contributed by atoms with van der Waals surface area (Å²) in [7, 11) is 0.